The molecule has 0 aliphatic carbocycles. The number of phenolic OH excluding ortho intramolecular Hbond substituents is 1. The standard InChI is InChI=1S/C17H20O4.C13H16O5S.C10H10O3.C6H10O3/c1-13(2)14(3)20-11-12-21-16-8-5-15(6-9-16)7-10-17(18)19-4;1-10(2)13(14)17-8-9-18-19(15,16)12-6-4-11(3)5-7-12;1-13-10(12)7-4-8-2-5-9(11)6-3-8;1-5(2)6(8)9-4-3-7/h5-10H,1,3,11-12H2,2,4H3;4-7H,1,8-9H2,2-3H3;2-7,11H,1H3;7H,1,3-4H2,2H3/b10-7+;;7-4+;. The van der Waals surface area contributed by atoms with E-state index in [1.165, 1.54) is 45.4 Å². The van der Waals surface area contributed by atoms with Gasteiger partial charge in [0.15, 0.2) is 0 Å². The predicted octanol–water partition coefficient (Wildman–Crippen LogP) is 6.85. The van der Waals surface area contributed by atoms with E-state index in [0.29, 0.717) is 24.5 Å². The number of rotatable bonds is 19. The fourth-order valence-corrected chi connectivity index (χ4v) is 4.50. The van der Waals surface area contributed by atoms with Gasteiger partial charge in [0.25, 0.3) is 10.1 Å². The molecular formula is C46H56O15S. The van der Waals surface area contributed by atoms with Crippen LogP contribution >= 0.6 is 0 Å². The van der Waals surface area contributed by atoms with E-state index in [1.54, 1.807) is 55.5 Å². The molecule has 3 aromatic carbocycles. The van der Waals surface area contributed by atoms with Gasteiger partial charge in [-0.1, -0.05) is 68.3 Å². The SMILES string of the molecule is C=C(C)C(=C)OCCOc1ccc(/C=C/C(=O)OC)cc1.C=C(C)C(=O)OCCO.C=C(C)C(=O)OCCOS(=O)(=O)c1ccc(C)cc1.COC(=O)/C=C/c1ccc(O)cc1. The summed E-state index contributed by atoms with van der Waals surface area (Å²) in [5.41, 5.74) is 4.08. The van der Waals surface area contributed by atoms with Gasteiger partial charge in [-0.2, -0.15) is 8.42 Å². The van der Waals surface area contributed by atoms with Gasteiger partial charge in [-0.05, 0) is 92.9 Å². The molecule has 62 heavy (non-hydrogen) atoms. The van der Waals surface area contributed by atoms with Gasteiger partial charge in [0.05, 0.1) is 25.7 Å². The van der Waals surface area contributed by atoms with Crippen molar-refractivity contribution < 1.29 is 70.4 Å². The summed E-state index contributed by atoms with van der Waals surface area (Å²) in [4.78, 5) is 43.3. The number of hydrogen-bond acceptors (Lipinski definition) is 15. The second kappa shape index (κ2) is 31.2. The largest absolute Gasteiger partial charge is 0.508 e. The molecule has 0 unspecified atom stereocenters. The van der Waals surface area contributed by atoms with Gasteiger partial charge in [0.2, 0.25) is 0 Å². The van der Waals surface area contributed by atoms with Gasteiger partial charge in [-0.3, -0.25) is 4.18 Å². The quantitative estimate of drug-likeness (QED) is 0.0240. The number of allylic oxidation sites excluding steroid dienone is 1. The van der Waals surface area contributed by atoms with Gasteiger partial charge in [-0.25, -0.2) is 19.2 Å². The van der Waals surface area contributed by atoms with Gasteiger partial charge < -0.3 is 38.6 Å². The zero-order valence-corrected chi connectivity index (χ0v) is 36.7. The van der Waals surface area contributed by atoms with E-state index in [0.717, 1.165) is 28.0 Å². The van der Waals surface area contributed by atoms with E-state index < -0.39 is 28.0 Å². The normalized spacial score (nSPS) is 10.2. The van der Waals surface area contributed by atoms with Crippen LogP contribution in [0.1, 0.15) is 37.5 Å². The van der Waals surface area contributed by atoms with Crippen molar-refractivity contribution in [3.63, 3.8) is 0 Å². The highest BCUT2D eigenvalue weighted by Gasteiger charge is 2.15. The molecule has 3 rings (SSSR count). The molecule has 0 aliphatic rings. The molecule has 0 saturated carbocycles. The van der Waals surface area contributed by atoms with Crippen molar-refractivity contribution >= 4 is 46.1 Å². The Balaban J connectivity index is 0.000000836. The third kappa shape index (κ3) is 26.4. The van der Waals surface area contributed by atoms with E-state index in [1.807, 2.05) is 38.1 Å². The summed E-state index contributed by atoms with van der Waals surface area (Å²) >= 11 is 0. The lowest BCUT2D eigenvalue weighted by Gasteiger charge is -2.10. The van der Waals surface area contributed by atoms with Crippen LogP contribution in [0.5, 0.6) is 11.5 Å². The maximum absolute atomic E-state index is 11.7. The third-order valence-corrected chi connectivity index (χ3v) is 8.32. The summed E-state index contributed by atoms with van der Waals surface area (Å²) in [6.45, 7) is 21.3. The van der Waals surface area contributed by atoms with Crippen molar-refractivity contribution in [2.45, 2.75) is 32.6 Å². The number of ether oxygens (including phenoxy) is 6. The van der Waals surface area contributed by atoms with E-state index in [2.05, 4.69) is 40.5 Å². The summed E-state index contributed by atoms with van der Waals surface area (Å²) in [6, 6.07) is 20.1. The minimum Gasteiger partial charge on any atom is -0.508 e. The highest BCUT2D eigenvalue weighted by Crippen LogP contribution is 2.15. The van der Waals surface area contributed by atoms with Crippen LogP contribution < -0.4 is 4.74 Å². The Kier molecular flexibility index (Phi) is 27.8. The Labute approximate surface area is 364 Å². The highest BCUT2D eigenvalue weighted by atomic mass is 32.2. The molecule has 336 valence electrons. The molecule has 0 saturated heterocycles. The van der Waals surface area contributed by atoms with Gasteiger partial charge in [-0.15, -0.1) is 0 Å². The van der Waals surface area contributed by atoms with Crippen LogP contribution in [-0.4, -0.2) is 96.4 Å². The Morgan fingerprint density at radius 2 is 1.06 bits per heavy atom. The third-order valence-electron chi connectivity index (χ3n) is 6.99. The average molecular weight is 881 g/mol. The van der Waals surface area contributed by atoms with Crippen LogP contribution in [-0.2, 0) is 57.2 Å². The van der Waals surface area contributed by atoms with Crippen molar-refractivity contribution in [2.24, 2.45) is 0 Å². The van der Waals surface area contributed by atoms with Crippen LogP contribution in [0.3, 0.4) is 0 Å². The van der Waals surface area contributed by atoms with Gasteiger partial charge in [0.1, 0.15) is 50.3 Å². The fourth-order valence-electron chi connectivity index (χ4n) is 3.61. The molecule has 15 nitrogen and oxygen atoms in total. The molecule has 0 bridgehead atoms. The number of carbonyl (C=O) groups excluding carboxylic acids is 4. The second-order valence-corrected chi connectivity index (χ2v) is 14.0. The highest BCUT2D eigenvalue weighted by molar-refractivity contribution is 7.86. The first-order valence-corrected chi connectivity index (χ1v) is 19.9. The average Bonchev–Trinajstić information content (AvgIpc) is 3.25. The maximum atomic E-state index is 11.7. The summed E-state index contributed by atoms with van der Waals surface area (Å²) in [5.74, 6) is -0.300. The molecule has 0 aliphatic heterocycles. The lowest BCUT2D eigenvalue weighted by atomic mass is 10.2. The molecule has 0 fully saturated rings. The van der Waals surface area contributed by atoms with Crippen LogP contribution in [0.2, 0.25) is 0 Å². The van der Waals surface area contributed by atoms with Gasteiger partial charge in [0, 0.05) is 23.3 Å². The number of phenols is 1. The number of carbonyl (C=O) groups is 4. The molecule has 0 aromatic heterocycles. The molecule has 16 heteroatoms. The molecule has 0 amide bonds. The molecule has 0 atom stereocenters. The topological polar surface area (TPSA) is 207 Å². The number of esters is 4. The number of aliphatic hydroxyl groups is 1. The van der Waals surface area contributed by atoms with Crippen molar-refractivity contribution in [3.05, 3.63) is 150 Å². The monoisotopic (exact) mass is 880 g/mol. The van der Waals surface area contributed by atoms with Crippen LogP contribution in [0.4, 0.5) is 0 Å². The van der Waals surface area contributed by atoms with Crippen molar-refractivity contribution in [2.75, 3.05) is 53.9 Å². The second-order valence-electron chi connectivity index (χ2n) is 12.4. The number of aromatic hydroxyl groups is 1. The Hall–Kier alpha value is -6.75. The summed E-state index contributed by atoms with van der Waals surface area (Å²) < 4.78 is 57.2. The zero-order valence-electron chi connectivity index (χ0n) is 35.9. The van der Waals surface area contributed by atoms with Crippen LogP contribution in [0.25, 0.3) is 12.2 Å². The Morgan fingerprint density at radius 1 is 0.613 bits per heavy atom. The summed E-state index contributed by atoms with van der Waals surface area (Å²) in [6.07, 6.45) is 5.99. The van der Waals surface area contributed by atoms with Crippen molar-refractivity contribution in [1.82, 2.24) is 0 Å². The Bertz CT molecular complexity index is 2080. The number of aryl methyl sites for hydroxylation is 1. The van der Waals surface area contributed by atoms with Crippen LogP contribution in [0.15, 0.2) is 139 Å². The number of benzene rings is 3. The minimum absolute atomic E-state index is 0.0473. The van der Waals surface area contributed by atoms with Crippen molar-refractivity contribution in [3.8, 4) is 11.5 Å². The van der Waals surface area contributed by atoms with E-state index in [9.17, 15) is 27.6 Å². The number of aliphatic hydroxyl groups excluding tert-OH is 1. The first-order valence-electron chi connectivity index (χ1n) is 18.5. The first-order chi connectivity index (χ1) is 29.3. The molecule has 2 N–H and O–H groups in total. The fraction of sp³-hybridized carbons (Fsp3) is 0.261. The molecule has 0 heterocycles. The lowest BCUT2D eigenvalue weighted by molar-refractivity contribution is -0.140. The molecule has 3 aromatic rings. The number of methoxy groups -OCH3 is 2. The predicted molar refractivity (Wildman–Crippen MR) is 235 cm³/mol. The smallest absolute Gasteiger partial charge is 0.333 e. The number of hydrogen-bond donors (Lipinski definition) is 2. The van der Waals surface area contributed by atoms with Gasteiger partial charge >= 0.3 is 23.9 Å². The maximum Gasteiger partial charge on any atom is 0.333 e. The molecular weight excluding hydrogens is 825 g/mol. The first kappa shape index (κ1) is 55.2. The minimum atomic E-state index is -3.81. The Morgan fingerprint density at radius 3 is 1.50 bits per heavy atom. The molecule has 0 spiro atoms. The van der Waals surface area contributed by atoms with Crippen LogP contribution in [0, 0.1) is 6.92 Å². The van der Waals surface area contributed by atoms with E-state index >= 15 is 0 Å². The summed E-state index contributed by atoms with van der Waals surface area (Å²) in [5, 5.41) is 17.2. The molecule has 0 radical (unpaired) electrons. The van der Waals surface area contributed by atoms with E-state index in [4.69, 9.17) is 28.6 Å². The van der Waals surface area contributed by atoms with Crippen molar-refractivity contribution in [1.29, 1.82) is 0 Å². The summed E-state index contributed by atoms with van der Waals surface area (Å²) in [7, 11) is -1.14. The lowest BCUT2D eigenvalue weighted by Crippen LogP contribution is -2.14. The van der Waals surface area contributed by atoms with E-state index in [-0.39, 0.29) is 48.6 Å². The zero-order chi connectivity index (χ0) is 47.1.